The third-order valence-electron chi connectivity index (χ3n) is 5.83. The van der Waals surface area contributed by atoms with E-state index < -0.39 is 0 Å². The average Bonchev–Trinajstić information content (AvgIpc) is 3.02. The Bertz CT molecular complexity index is 747. The minimum absolute atomic E-state index is 0.167. The van der Waals surface area contributed by atoms with Gasteiger partial charge in [0.15, 0.2) is 0 Å². The first-order chi connectivity index (χ1) is 13.2. The van der Waals surface area contributed by atoms with Gasteiger partial charge in [-0.3, -0.25) is 9.58 Å². The number of hydrogen-bond donors (Lipinski definition) is 1. The summed E-state index contributed by atoms with van der Waals surface area (Å²) < 4.78 is 15.1. The first kappa shape index (κ1) is 18.3. The van der Waals surface area contributed by atoms with Crippen molar-refractivity contribution in [3.05, 3.63) is 41.3 Å². The number of benzene rings is 1. The number of aromatic nitrogens is 2. The number of hydrogen-bond acceptors (Lipinski definition) is 4. The lowest BCUT2D eigenvalue weighted by Crippen LogP contribution is -2.46. The number of anilines is 2. The van der Waals surface area contributed by atoms with Gasteiger partial charge in [-0.1, -0.05) is 0 Å². The van der Waals surface area contributed by atoms with Gasteiger partial charge in [0, 0.05) is 51.0 Å². The van der Waals surface area contributed by atoms with Gasteiger partial charge < -0.3 is 10.2 Å². The molecule has 6 heteroatoms. The van der Waals surface area contributed by atoms with Crippen molar-refractivity contribution in [3.63, 3.8) is 0 Å². The number of fused-ring (bicyclic) bond motifs is 1. The Labute approximate surface area is 161 Å². The van der Waals surface area contributed by atoms with Crippen molar-refractivity contribution in [2.75, 3.05) is 49.5 Å². The van der Waals surface area contributed by atoms with Crippen molar-refractivity contribution in [2.45, 2.75) is 32.1 Å². The molecule has 0 spiro atoms. The summed E-state index contributed by atoms with van der Waals surface area (Å²) >= 11 is 0. The summed E-state index contributed by atoms with van der Waals surface area (Å²) in [6, 6.07) is 6.85. The van der Waals surface area contributed by atoms with Crippen molar-refractivity contribution < 1.29 is 4.39 Å². The number of aryl methyl sites for hydroxylation is 2. The number of halogens is 1. The molecule has 2 aliphatic rings. The Kier molecular flexibility index (Phi) is 5.62. The van der Waals surface area contributed by atoms with Crippen LogP contribution in [0.25, 0.3) is 0 Å². The van der Waals surface area contributed by atoms with E-state index in [2.05, 4.69) is 27.3 Å². The molecule has 0 unspecified atom stereocenters. The van der Waals surface area contributed by atoms with Crippen LogP contribution >= 0.6 is 0 Å². The highest BCUT2D eigenvalue weighted by molar-refractivity contribution is 5.49. The highest BCUT2D eigenvalue weighted by Crippen LogP contribution is 2.27. The molecule has 1 aliphatic carbocycles. The summed E-state index contributed by atoms with van der Waals surface area (Å²) in [5.41, 5.74) is 3.86. The third-order valence-corrected chi connectivity index (χ3v) is 5.83. The lowest BCUT2D eigenvalue weighted by atomic mass is 9.97. The second-order valence-corrected chi connectivity index (χ2v) is 7.69. The predicted octanol–water partition coefficient (Wildman–Crippen LogP) is 3.06. The van der Waals surface area contributed by atoms with Crippen LogP contribution in [-0.4, -0.2) is 53.9 Å². The molecule has 1 aromatic heterocycles. The summed E-state index contributed by atoms with van der Waals surface area (Å²) in [6.07, 6.45) is 5.98. The van der Waals surface area contributed by atoms with E-state index in [1.807, 2.05) is 16.8 Å². The molecular weight excluding hydrogens is 341 g/mol. The molecule has 5 nitrogen and oxygen atoms in total. The zero-order valence-electron chi connectivity index (χ0n) is 16.3. The maximum absolute atomic E-state index is 13.1. The predicted molar refractivity (Wildman–Crippen MR) is 108 cm³/mol. The minimum Gasteiger partial charge on any atom is -0.370 e. The normalized spacial score (nSPS) is 17.8. The van der Waals surface area contributed by atoms with Gasteiger partial charge in [-0.15, -0.1) is 0 Å². The van der Waals surface area contributed by atoms with Crippen LogP contribution in [0.5, 0.6) is 0 Å². The van der Waals surface area contributed by atoms with Gasteiger partial charge in [0.2, 0.25) is 0 Å². The Hall–Kier alpha value is -2.08. The van der Waals surface area contributed by atoms with E-state index in [0.29, 0.717) is 0 Å². The van der Waals surface area contributed by atoms with Crippen molar-refractivity contribution in [1.82, 2.24) is 14.7 Å². The van der Waals surface area contributed by atoms with Crippen molar-refractivity contribution >= 4 is 11.5 Å². The van der Waals surface area contributed by atoms with Crippen LogP contribution in [0.4, 0.5) is 15.9 Å². The third kappa shape index (κ3) is 4.26. The zero-order chi connectivity index (χ0) is 18.6. The van der Waals surface area contributed by atoms with Crippen LogP contribution in [0.15, 0.2) is 24.3 Å². The molecule has 0 saturated carbocycles. The first-order valence-corrected chi connectivity index (χ1v) is 10.2. The molecule has 1 fully saturated rings. The van der Waals surface area contributed by atoms with Gasteiger partial charge in [0.25, 0.3) is 0 Å². The second kappa shape index (κ2) is 8.30. The fourth-order valence-corrected chi connectivity index (χ4v) is 4.29. The molecule has 27 heavy (non-hydrogen) atoms. The van der Waals surface area contributed by atoms with Crippen molar-refractivity contribution in [3.8, 4) is 0 Å². The van der Waals surface area contributed by atoms with Crippen LogP contribution in [0.1, 0.15) is 30.5 Å². The Balaban J connectivity index is 1.20. The van der Waals surface area contributed by atoms with Crippen molar-refractivity contribution in [2.24, 2.45) is 7.05 Å². The summed E-state index contributed by atoms with van der Waals surface area (Å²) in [5.74, 6) is 1.06. The van der Waals surface area contributed by atoms with Gasteiger partial charge in [-0.05, 0) is 62.9 Å². The fraction of sp³-hybridized carbons (Fsp3) is 0.571. The topological polar surface area (TPSA) is 36.3 Å². The Morgan fingerprint density at radius 2 is 1.78 bits per heavy atom. The second-order valence-electron chi connectivity index (χ2n) is 7.69. The van der Waals surface area contributed by atoms with Gasteiger partial charge in [-0.2, -0.15) is 5.10 Å². The van der Waals surface area contributed by atoms with Crippen LogP contribution in [-0.2, 0) is 19.9 Å². The number of nitrogens with one attached hydrogen (secondary N) is 1. The summed E-state index contributed by atoms with van der Waals surface area (Å²) in [4.78, 5) is 4.87. The molecule has 4 rings (SSSR count). The average molecular weight is 372 g/mol. The van der Waals surface area contributed by atoms with Gasteiger partial charge in [0.05, 0.1) is 5.69 Å². The molecular formula is C21H30FN5. The summed E-state index contributed by atoms with van der Waals surface area (Å²) in [7, 11) is 2.05. The standard InChI is InChI=1S/C21H30FN5/c1-25-21(19-5-2-3-6-20(19)24-25)23-11-4-12-26-13-15-27(16-14-26)18-9-7-17(22)8-10-18/h7-10,23H,2-6,11-16H2,1H3. The molecule has 0 amide bonds. The molecule has 1 aliphatic heterocycles. The molecule has 146 valence electrons. The van der Waals surface area contributed by atoms with E-state index >= 15 is 0 Å². The Morgan fingerprint density at radius 1 is 1.04 bits per heavy atom. The SMILES string of the molecule is Cn1nc2c(c1NCCCN1CCN(c3ccc(F)cc3)CC1)CCCC2. The lowest BCUT2D eigenvalue weighted by Gasteiger charge is -2.36. The lowest BCUT2D eigenvalue weighted by molar-refractivity contribution is 0.257. The zero-order valence-corrected chi connectivity index (χ0v) is 16.3. The summed E-state index contributed by atoms with van der Waals surface area (Å²) in [5, 5.41) is 8.31. The van der Waals surface area contributed by atoms with Crippen LogP contribution in [0.3, 0.4) is 0 Å². The van der Waals surface area contributed by atoms with Gasteiger partial charge >= 0.3 is 0 Å². The Morgan fingerprint density at radius 3 is 2.56 bits per heavy atom. The number of piperazine rings is 1. The molecule has 0 radical (unpaired) electrons. The van der Waals surface area contributed by atoms with E-state index in [4.69, 9.17) is 0 Å². The molecule has 1 N–H and O–H groups in total. The van der Waals surface area contributed by atoms with Crippen LogP contribution < -0.4 is 10.2 Å². The molecule has 0 atom stereocenters. The monoisotopic (exact) mass is 371 g/mol. The largest absolute Gasteiger partial charge is 0.370 e. The fourth-order valence-electron chi connectivity index (χ4n) is 4.29. The van der Waals surface area contributed by atoms with E-state index in [0.717, 1.165) is 64.2 Å². The molecule has 0 bridgehead atoms. The van der Waals surface area contributed by atoms with E-state index in [-0.39, 0.29) is 5.82 Å². The van der Waals surface area contributed by atoms with Crippen LogP contribution in [0, 0.1) is 5.82 Å². The van der Waals surface area contributed by atoms with Gasteiger partial charge in [0.1, 0.15) is 11.6 Å². The number of nitrogens with zero attached hydrogens (tertiary/aromatic N) is 4. The highest BCUT2D eigenvalue weighted by atomic mass is 19.1. The van der Waals surface area contributed by atoms with Crippen molar-refractivity contribution in [1.29, 1.82) is 0 Å². The quantitative estimate of drug-likeness (QED) is 0.792. The maximum atomic E-state index is 13.1. The smallest absolute Gasteiger partial charge is 0.127 e. The molecule has 1 aromatic carbocycles. The number of rotatable bonds is 6. The van der Waals surface area contributed by atoms with Gasteiger partial charge in [-0.25, -0.2) is 4.39 Å². The van der Waals surface area contributed by atoms with E-state index in [1.165, 1.54) is 29.9 Å². The molecule has 1 saturated heterocycles. The molecule has 2 heterocycles. The minimum atomic E-state index is -0.167. The first-order valence-electron chi connectivity index (χ1n) is 10.2. The molecule has 2 aromatic rings. The highest BCUT2D eigenvalue weighted by Gasteiger charge is 2.19. The van der Waals surface area contributed by atoms with E-state index in [9.17, 15) is 4.39 Å². The van der Waals surface area contributed by atoms with Crippen LogP contribution in [0.2, 0.25) is 0 Å². The maximum Gasteiger partial charge on any atom is 0.127 e. The van der Waals surface area contributed by atoms with E-state index in [1.54, 1.807) is 12.1 Å². The summed E-state index contributed by atoms with van der Waals surface area (Å²) in [6.45, 7) is 6.26.